The lowest BCUT2D eigenvalue weighted by molar-refractivity contribution is 0.689. The van der Waals surface area contributed by atoms with E-state index in [1.807, 2.05) is 32.0 Å². The summed E-state index contributed by atoms with van der Waals surface area (Å²) >= 11 is 0. The van der Waals surface area contributed by atoms with Gasteiger partial charge in [-0.15, -0.1) is 19.0 Å². The molecular weight excluding hydrogens is 196 g/mol. The highest BCUT2D eigenvalue weighted by molar-refractivity contribution is 5.85. The predicted molar refractivity (Wildman–Crippen MR) is 62.6 cm³/mol. The maximum absolute atomic E-state index is 5.94. The van der Waals surface area contributed by atoms with E-state index in [-0.39, 0.29) is 18.4 Å². The van der Waals surface area contributed by atoms with Crippen molar-refractivity contribution in [3.8, 4) is 0 Å². The van der Waals surface area contributed by atoms with Crippen molar-refractivity contribution in [3.63, 3.8) is 0 Å². The van der Waals surface area contributed by atoms with E-state index in [9.17, 15) is 0 Å². The first-order chi connectivity index (χ1) is 6.09. The summed E-state index contributed by atoms with van der Waals surface area (Å²) in [6.07, 6.45) is 0.802. The fourth-order valence-corrected chi connectivity index (χ4v) is 1.25. The Bertz CT molecular complexity index is 310. The minimum Gasteiger partial charge on any atom is -0.322 e. The molecule has 1 atom stereocenters. The van der Waals surface area contributed by atoms with Crippen LogP contribution in [0.25, 0.3) is 0 Å². The summed E-state index contributed by atoms with van der Waals surface area (Å²) in [5.74, 6) is 0. The summed E-state index contributed by atoms with van der Waals surface area (Å²) < 4.78 is 0. The minimum atomic E-state index is -0.0163. The van der Waals surface area contributed by atoms with Gasteiger partial charge in [-0.05, 0) is 32.4 Å². The zero-order chi connectivity index (χ0) is 9.84. The highest BCUT2D eigenvalue weighted by Crippen LogP contribution is 2.15. The number of aromatic nitrogens is 1. The van der Waals surface area contributed by atoms with Crippen LogP contribution in [0.15, 0.2) is 30.4 Å². The molecule has 78 valence electrons. The van der Waals surface area contributed by atoms with Crippen LogP contribution < -0.4 is 5.73 Å². The summed E-state index contributed by atoms with van der Waals surface area (Å²) in [6, 6.07) is 5.89. The van der Waals surface area contributed by atoms with E-state index < -0.39 is 0 Å². The first-order valence-corrected chi connectivity index (χ1v) is 4.43. The Hall–Kier alpha value is -0.860. The average Bonchev–Trinajstić information content (AvgIpc) is 2.03. The lowest BCUT2D eigenvalue weighted by atomic mass is 10.1. The van der Waals surface area contributed by atoms with E-state index >= 15 is 0 Å². The van der Waals surface area contributed by atoms with Gasteiger partial charge in [0.15, 0.2) is 0 Å². The first-order valence-electron chi connectivity index (χ1n) is 4.43. The van der Waals surface area contributed by atoms with Crippen molar-refractivity contribution in [1.82, 2.24) is 4.98 Å². The van der Waals surface area contributed by atoms with Gasteiger partial charge in [-0.25, -0.2) is 0 Å². The van der Waals surface area contributed by atoms with E-state index in [1.54, 1.807) is 0 Å². The third-order valence-corrected chi connectivity index (χ3v) is 1.86. The van der Waals surface area contributed by atoms with Crippen LogP contribution in [0.2, 0.25) is 0 Å². The van der Waals surface area contributed by atoms with E-state index in [1.165, 1.54) is 0 Å². The second kappa shape index (κ2) is 5.78. The van der Waals surface area contributed by atoms with Crippen molar-refractivity contribution >= 4 is 12.4 Å². The Morgan fingerprint density at radius 1 is 1.57 bits per heavy atom. The molecule has 0 aromatic carbocycles. The van der Waals surface area contributed by atoms with Gasteiger partial charge in [0.1, 0.15) is 0 Å². The Morgan fingerprint density at radius 3 is 2.71 bits per heavy atom. The van der Waals surface area contributed by atoms with Crippen molar-refractivity contribution in [2.75, 3.05) is 0 Å². The van der Waals surface area contributed by atoms with Gasteiger partial charge in [0.05, 0.1) is 11.7 Å². The normalized spacial score (nSPS) is 11.6. The SMILES string of the molecule is C=C(C)C[C@@H](N)c1cccc(C)n1.Cl. The van der Waals surface area contributed by atoms with Gasteiger partial charge in [-0.1, -0.05) is 11.6 Å². The second-order valence-electron chi connectivity index (χ2n) is 3.47. The predicted octanol–water partition coefficient (Wildman–Crippen LogP) is 2.78. The van der Waals surface area contributed by atoms with Crippen molar-refractivity contribution in [2.45, 2.75) is 26.3 Å². The molecule has 1 heterocycles. The summed E-state index contributed by atoms with van der Waals surface area (Å²) in [5.41, 5.74) is 8.99. The highest BCUT2D eigenvalue weighted by atomic mass is 35.5. The molecule has 0 amide bonds. The zero-order valence-corrected chi connectivity index (χ0v) is 9.47. The van der Waals surface area contributed by atoms with Crippen LogP contribution in [-0.4, -0.2) is 4.98 Å². The summed E-state index contributed by atoms with van der Waals surface area (Å²) in [4.78, 5) is 4.36. The summed E-state index contributed by atoms with van der Waals surface area (Å²) in [5, 5.41) is 0. The lowest BCUT2D eigenvalue weighted by Gasteiger charge is -2.10. The number of rotatable bonds is 3. The topological polar surface area (TPSA) is 38.9 Å². The van der Waals surface area contributed by atoms with Crippen molar-refractivity contribution in [3.05, 3.63) is 41.7 Å². The second-order valence-corrected chi connectivity index (χ2v) is 3.47. The minimum absolute atomic E-state index is 0. The van der Waals surface area contributed by atoms with Crippen LogP contribution in [-0.2, 0) is 0 Å². The Kier molecular flexibility index (Phi) is 5.43. The van der Waals surface area contributed by atoms with Gasteiger partial charge >= 0.3 is 0 Å². The number of pyridine rings is 1. The van der Waals surface area contributed by atoms with E-state index in [0.29, 0.717) is 0 Å². The number of halogens is 1. The molecule has 0 aliphatic heterocycles. The van der Waals surface area contributed by atoms with Gasteiger partial charge < -0.3 is 5.73 Å². The third-order valence-electron chi connectivity index (χ3n) is 1.86. The molecule has 0 aliphatic carbocycles. The molecular formula is C11H17ClN2. The van der Waals surface area contributed by atoms with E-state index in [4.69, 9.17) is 5.73 Å². The first kappa shape index (κ1) is 13.1. The van der Waals surface area contributed by atoms with Crippen LogP contribution in [0.1, 0.15) is 30.8 Å². The monoisotopic (exact) mass is 212 g/mol. The largest absolute Gasteiger partial charge is 0.322 e. The van der Waals surface area contributed by atoms with E-state index in [0.717, 1.165) is 23.4 Å². The molecule has 0 aliphatic rings. The van der Waals surface area contributed by atoms with Crippen molar-refractivity contribution in [1.29, 1.82) is 0 Å². The number of hydrogen-bond acceptors (Lipinski definition) is 2. The maximum Gasteiger partial charge on any atom is 0.0577 e. The average molecular weight is 213 g/mol. The van der Waals surface area contributed by atoms with E-state index in [2.05, 4.69) is 11.6 Å². The fourth-order valence-electron chi connectivity index (χ4n) is 1.25. The van der Waals surface area contributed by atoms with Crippen LogP contribution in [0.5, 0.6) is 0 Å². The van der Waals surface area contributed by atoms with Gasteiger partial charge in [-0.2, -0.15) is 0 Å². The number of nitrogens with zero attached hydrogens (tertiary/aromatic N) is 1. The number of hydrogen-bond donors (Lipinski definition) is 1. The van der Waals surface area contributed by atoms with Gasteiger partial charge in [0.25, 0.3) is 0 Å². The van der Waals surface area contributed by atoms with Crippen molar-refractivity contribution < 1.29 is 0 Å². The Balaban J connectivity index is 0.00000169. The molecule has 1 aromatic rings. The number of nitrogens with two attached hydrogens (primary N) is 1. The molecule has 0 unspecified atom stereocenters. The third kappa shape index (κ3) is 3.90. The molecule has 1 aromatic heterocycles. The molecule has 14 heavy (non-hydrogen) atoms. The van der Waals surface area contributed by atoms with Crippen LogP contribution in [0.4, 0.5) is 0 Å². The summed E-state index contributed by atoms with van der Waals surface area (Å²) in [7, 11) is 0. The molecule has 2 nitrogen and oxygen atoms in total. The Morgan fingerprint density at radius 2 is 2.21 bits per heavy atom. The zero-order valence-electron chi connectivity index (χ0n) is 8.66. The molecule has 0 bridgehead atoms. The smallest absolute Gasteiger partial charge is 0.0577 e. The Labute approximate surface area is 91.6 Å². The molecule has 0 fully saturated rings. The highest BCUT2D eigenvalue weighted by Gasteiger charge is 2.06. The van der Waals surface area contributed by atoms with Crippen LogP contribution in [0, 0.1) is 6.92 Å². The van der Waals surface area contributed by atoms with Crippen LogP contribution >= 0.6 is 12.4 Å². The lowest BCUT2D eigenvalue weighted by Crippen LogP contribution is -2.12. The number of aryl methyl sites for hydroxylation is 1. The van der Waals surface area contributed by atoms with Gasteiger partial charge in [0, 0.05) is 5.69 Å². The summed E-state index contributed by atoms with van der Waals surface area (Å²) in [6.45, 7) is 7.79. The van der Waals surface area contributed by atoms with Crippen LogP contribution in [0.3, 0.4) is 0 Å². The van der Waals surface area contributed by atoms with Gasteiger partial charge in [0.2, 0.25) is 0 Å². The van der Waals surface area contributed by atoms with Gasteiger partial charge in [-0.3, -0.25) is 4.98 Å². The molecule has 0 spiro atoms. The molecule has 0 saturated heterocycles. The molecule has 0 saturated carbocycles. The quantitative estimate of drug-likeness (QED) is 0.783. The molecule has 3 heteroatoms. The standard InChI is InChI=1S/C11H16N2.ClH/c1-8(2)7-10(12)11-6-4-5-9(3)13-11;/h4-6,10H,1,7,12H2,2-3H3;1H/t10-;/m1./s1. The maximum atomic E-state index is 5.94. The molecule has 2 N–H and O–H groups in total. The molecule has 0 radical (unpaired) electrons. The fraction of sp³-hybridized carbons (Fsp3) is 0.364. The molecule has 1 rings (SSSR count). The van der Waals surface area contributed by atoms with Crippen molar-refractivity contribution in [2.24, 2.45) is 5.73 Å².